The first kappa shape index (κ1) is 15.3. The van der Waals surface area contributed by atoms with Gasteiger partial charge in [-0.05, 0) is 44.5 Å². The van der Waals surface area contributed by atoms with Gasteiger partial charge in [-0.2, -0.15) is 0 Å². The lowest BCUT2D eigenvalue weighted by Gasteiger charge is -2.21. The summed E-state index contributed by atoms with van der Waals surface area (Å²) < 4.78 is 0. The normalized spacial score (nSPS) is 13.6. The second kappa shape index (κ2) is 6.54. The van der Waals surface area contributed by atoms with Crippen molar-refractivity contribution in [1.29, 1.82) is 0 Å². The summed E-state index contributed by atoms with van der Waals surface area (Å²) in [5.74, 6) is -0.257. The van der Waals surface area contributed by atoms with Gasteiger partial charge in [0, 0.05) is 36.0 Å². The molecule has 1 aromatic rings. The Kier molecular flexibility index (Phi) is 4.75. The molecule has 1 aliphatic rings. The van der Waals surface area contributed by atoms with E-state index < -0.39 is 0 Å². The third-order valence-electron chi connectivity index (χ3n) is 3.35. The molecule has 0 aliphatic carbocycles. The van der Waals surface area contributed by atoms with Crippen LogP contribution in [0.4, 0.5) is 5.69 Å². The monoisotopic (exact) mass is 287 g/mol. The summed E-state index contributed by atoms with van der Waals surface area (Å²) in [7, 11) is 0. The Hall–Kier alpha value is -2.14. The molecule has 112 valence electrons. The molecular formula is C16H21N3O2. The number of hydrogen-bond acceptors (Lipinski definition) is 3. The molecule has 0 aromatic heterocycles. The Balaban J connectivity index is 2.07. The van der Waals surface area contributed by atoms with Crippen LogP contribution in [0.1, 0.15) is 31.1 Å². The Morgan fingerprint density at radius 1 is 1.24 bits per heavy atom. The summed E-state index contributed by atoms with van der Waals surface area (Å²) in [6.45, 7) is 7.18. The van der Waals surface area contributed by atoms with Crippen molar-refractivity contribution in [3.63, 3.8) is 0 Å². The predicted molar refractivity (Wildman–Crippen MR) is 83.2 cm³/mol. The van der Waals surface area contributed by atoms with Gasteiger partial charge in [-0.1, -0.05) is 6.07 Å². The highest BCUT2D eigenvalue weighted by atomic mass is 16.2. The van der Waals surface area contributed by atoms with E-state index in [4.69, 9.17) is 0 Å². The number of amides is 2. The van der Waals surface area contributed by atoms with Crippen LogP contribution in [0.5, 0.6) is 0 Å². The molecule has 5 heteroatoms. The van der Waals surface area contributed by atoms with E-state index in [1.807, 2.05) is 20.8 Å². The number of rotatable bonds is 4. The van der Waals surface area contributed by atoms with Crippen LogP contribution in [0, 0.1) is 0 Å². The Bertz CT molecular complexity index is 585. The maximum Gasteiger partial charge on any atom is 0.251 e. The smallest absolute Gasteiger partial charge is 0.251 e. The van der Waals surface area contributed by atoms with Crippen molar-refractivity contribution < 1.29 is 9.59 Å². The lowest BCUT2D eigenvalue weighted by atomic mass is 10.0. The van der Waals surface area contributed by atoms with E-state index in [9.17, 15) is 9.59 Å². The van der Waals surface area contributed by atoms with Crippen molar-refractivity contribution in [2.24, 2.45) is 0 Å². The highest BCUT2D eigenvalue weighted by Gasteiger charge is 2.16. The number of carbonyl (C=O) groups is 2. The van der Waals surface area contributed by atoms with E-state index in [1.54, 1.807) is 24.3 Å². The molecule has 0 saturated carbocycles. The minimum Gasteiger partial charge on any atom is -0.350 e. The molecule has 1 heterocycles. The molecule has 5 nitrogen and oxygen atoms in total. The fourth-order valence-corrected chi connectivity index (χ4v) is 1.98. The van der Waals surface area contributed by atoms with E-state index in [0.29, 0.717) is 11.3 Å². The standard InChI is InChI=1S/C16H21N3O2/c1-10(2)18-16(21)12-5-4-6-14(7-12)19-15(20)11(3)13-8-17-9-13/h4-7,10,17H,8-9H2,1-3H3,(H,18,21)(H,19,20). The molecule has 1 fully saturated rings. The van der Waals surface area contributed by atoms with Gasteiger partial charge in [0.25, 0.3) is 11.8 Å². The van der Waals surface area contributed by atoms with Gasteiger partial charge in [0.05, 0.1) is 0 Å². The fraction of sp³-hybridized carbons (Fsp3) is 0.375. The number of nitrogens with one attached hydrogen (secondary N) is 3. The molecule has 1 aromatic carbocycles. The largest absolute Gasteiger partial charge is 0.350 e. The molecule has 3 N–H and O–H groups in total. The van der Waals surface area contributed by atoms with Crippen LogP contribution >= 0.6 is 0 Å². The van der Waals surface area contributed by atoms with Gasteiger partial charge in [0.15, 0.2) is 0 Å². The maximum atomic E-state index is 12.1. The summed E-state index contributed by atoms with van der Waals surface area (Å²) >= 11 is 0. The number of hydrogen-bond donors (Lipinski definition) is 3. The van der Waals surface area contributed by atoms with E-state index in [-0.39, 0.29) is 17.9 Å². The average Bonchev–Trinajstić information content (AvgIpc) is 2.36. The Morgan fingerprint density at radius 2 is 1.95 bits per heavy atom. The van der Waals surface area contributed by atoms with Gasteiger partial charge in [-0.3, -0.25) is 9.59 Å². The van der Waals surface area contributed by atoms with Crippen molar-refractivity contribution in [1.82, 2.24) is 10.6 Å². The van der Waals surface area contributed by atoms with Gasteiger partial charge in [-0.25, -0.2) is 0 Å². The second-order valence-electron chi connectivity index (χ2n) is 5.50. The molecule has 2 amide bonds. The summed E-state index contributed by atoms with van der Waals surface area (Å²) in [6, 6.07) is 7.04. The molecule has 0 bridgehead atoms. The van der Waals surface area contributed by atoms with E-state index in [2.05, 4.69) is 16.0 Å². The lowest BCUT2D eigenvalue weighted by Crippen LogP contribution is -2.36. The number of carbonyl (C=O) groups excluding carboxylic acids is 2. The third kappa shape index (κ3) is 3.92. The fourth-order valence-electron chi connectivity index (χ4n) is 1.98. The minimum absolute atomic E-state index is 0.0776. The summed E-state index contributed by atoms with van der Waals surface area (Å²) in [6.07, 6.45) is 0. The zero-order chi connectivity index (χ0) is 15.4. The van der Waals surface area contributed by atoms with E-state index >= 15 is 0 Å². The minimum atomic E-state index is -0.139. The molecule has 0 spiro atoms. The maximum absolute atomic E-state index is 12.1. The molecule has 1 aliphatic heterocycles. The van der Waals surface area contributed by atoms with Gasteiger partial charge in [-0.15, -0.1) is 0 Å². The van der Waals surface area contributed by atoms with Gasteiger partial charge in [0.1, 0.15) is 0 Å². The van der Waals surface area contributed by atoms with Gasteiger partial charge >= 0.3 is 0 Å². The molecular weight excluding hydrogens is 266 g/mol. The van der Waals surface area contributed by atoms with Crippen LogP contribution in [0.15, 0.2) is 35.4 Å². The van der Waals surface area contributed by atoms with Crippen LogP contribution in [0.3, 0.4) is 0 Å². The SMILES string of the molecule is CC(C(=O)Nc1cccc(C(=O)NC(C)C)c1)=C1CNC1. The van der Waals surface area contributed by atoms with Gasteiger partial charge < -0.3 is 16.0 Å². The van der Waals surface area contributed by atoms with Crippen molar-refractivity contribution in [2.75, 3.05) is 18.4 Å². The number of anilines is 1. The van der Waals surface area contributed by atoms with Crippen LogP contribution in [0.25, 0.3) is 0 Å². The first-order chi connectivity index (χ1) is 9.97. The van der Waals surface area contributed by atoms with Crippen LogP contribution in [0.2, 0.25) is 0 Å². The van der Waals surface area contributed by atoms with Gasteiger partial charge in [0.2, 0.25) is 0 Å². The van der Waals surface area contributed by atoms with Crippen molar-refractivity contribution in [3.8, 4) is 0 Å². The van der Waals surface area contributed by atoms with Crippen LogP contribution < -0.4 is 16.0 Å². The first-order valence-corrected chi connectivity index (χ1v) is 7.09. The first-order valence-electron chi connectivity index (χ1n) is 7.09. The molecule has 0 unspecified atom stereocenters. The zero-order valence-corrected chi connectivity index (χ0v) is 12.6. The molecule has 0 radical (unpaired) electrons. The summed E-state index contributed by atoms with van der Waals surface area (Å²) in [5.41, 5.74) is 3.03. The lowest BCUT2D eigenvalue weighted by molar-refractivity contribution is -0.112. The van der Waals surface area contributed by atoms with E-state index in [0.717, 1.165) is 24.2 Å². The Labute approximate surface area is 124 Å². The quantitative estimate of drug-likeness (QED) is 0.738. The average molecular weight is 287 g/mol. The zero-order valence-electron chi connectivity index (χ0n) is 12.6. The number of benzene rings is 1. The molecule has 1 saturated heterocycles. The summed E-state index contributed by atoms with van der Waals surface area (Å²) in [5, 5.41) is 8.78. The Morgan fingerprint density at radius 3 is 2.52 bits per heavy atom. The molecule has 2 rings (SSSR count). The van der Waals surface area contributed by atoms with Crippen molar-refractivity contribution in [3.05, 3.63) is 41.0 Å². The molecule has 21 heavy (non-hydrogen) atoms. The predicted octanol–water partition coefficient (Wildman–Crippen LogP) is 1.68. The summed E-state index contributed by atoms with van der Waals surface area (Å²) in [4.78, 5) is 24.1. The van der Waals surface area contributed by atoms with Crippen LogP contribution in [-0.4, -0.2) is 30.9 Å². The third-order valence-corrected chi connectivity index (χ3v) is 3.35. The van der Waals surface area contributed by atoms with Crippen LogP contribution in [-0.2, 0) is 4.79 Å². The highest BCUT2D eigenvalue weighted by molar-refractivity contribution is 6.05. The highest BCUT2D eigenvalue weighted by Crippen LogP contribution is 2.14. The van der Waals surface area contributed by atoms with Crippen molar-refractivity contribution in [2.45, 2.75) is 26.8 Å². The molecule has 0 atom stereocenters. The van der Waals surface area contributed by atoms with Crippen molar-refractivity contribution >= 4 is 17.5 Å². The van der Waals surface area contributed by atoms with E-state index in [1.165, 1.54) is 0 Å². The second-order valence-corrected chi connectivity index (χ2v) is 5.50. The topological polar surface area (TPSA) is 70.2 Å².